The van der Waals surface area contributed by atoms with Crippen LogP contribution in [0.4, 0.5) is 0 Å². The van der Waals surface area contributed by atoms with Gasteiger partial charge in [-0.15, -0.1) is 0 Å². The summed E-state index contributed by atoms with van der Waals surface area (Å²) in [7, 11) is 0. The Kier molecular flexibility index (Phi) is 7.21. The van der Waals surface area contributed by atoms with Gasteiger partial charge in [-0.1, -0.05) is 91.0 Å². The summed E-state index contributed by atoms with van der Waals surface area (Å²) in [6, 6.07) is 40.0. The zero-order chi connectivity index (χ0) is 30.9. The van der Waals surface area contributed by atoms with Gasteiger partial charge in [0.05, 0.1) is 29.4 Å². The molecule has 2 N–H and O–H groups in total. The summed E-state index contributed by atoms with van der Waals surface area (Å²) in [6.45, 7) is 3.07. The lowest BCUT2D eigenvalue weighted by Gasteiger charge is -2.06. The predicted molar refractivity (Wildman–Crippen MR) is 190 cm³/mol. The highest BCUT2D eigenvalue weighted by Gasteiger charge is 2.18. The van der Waals surface area contributed by atoms with Crippen LogP contribution in [0, 0.1) is 0 Å². The Morgan fingerprint density at radius 2 is 0.826 bits per heavy atom. The Morgan fingerprint density at radius 3 is 1.26 bits per heavy atom. The molecule has 8 rings (SSSR count). The quantitative estimate of drug-likeness (QED) is 0.201. The molecular weight excluding hydrogens is 564 g/mol. The fraction of sp³-hybridized carbons (Fsp3) is 0.0732. The largest absolute Gasteiger partial charge is 0.377 e. The highest BCUT2D eigenvalue weighted by Crippen LogP contribution is 2.36. The maximum Gasteiger partial charge on any atom is 0.0758 e. The molecule has 0 fully saturated rings. The molecule has 5 nitrogen and oxygen atoms in total. The second kappa shape index (κ2) is 12.0. The Balaban J connectivity index is 1.55. The molecule has 46 heavy (non-hydrogen) atoms. The van der Waals surface area contributed by atoms with Crippen LogP contribution < -0.4 is 0 Å². The zero-order valence-electron chi connectivity index (χ0n) is 25.5. The lowest BCUT2D eigenvalue weighted by Crippen LogP contribution is -1.96. The first-order valence-electron chi connectivity index (χ1n) is 15.7. The van der Waals surface area contributed by atoms with Crippen LogP contribution in [0.15, 0.2) is 115 Å². The SMILES string of the molecule is CCOCc1c2nc(c(-c3ccccc3)c3ccc([nH]3)c(-c3ccccc3)c3nc(c(-c4ccccc4)c4ccc1[nH]4)C=C3)C=C2. The third kappa shape index (κ3) is 5.07. The van der Waals surface area contributed by atoms with Gasteiger partial charge >= 0.3 is 0 Å². The van der Waals surface area contributed by atoms with Gasteiger partial charge in [0.15, 0.2) is 0 Å². The minimum Gasteiger partial charge on any atom is -0.377 e. The van der Waals surface area contributed by atoms with E-state index in [0.717, 1.165) is 83.8 Å². The van der Waals surface area contributed by atoms with Crippen LogP contribution in [0.25, 0.3) is 79.8 Å². The van der Waals surface area contributed by atoms with Crippen LogP contribution in [0.5, 0.6) is 0 Å². The first kappa shape index (κ1) is 27.7. The van der Waals surface area contributed by atoms with E-state index < -0.39 is 0 Å². The van der Waals surface area contributed by atoms with Gasteiger partial charge in [0.2, 0.25) is 0 Å². The Bertz CT molecular complexity index is 2240. The van der Waals surface area contributed by atoms with E-state index in [-0.39, 0.29) is 0 Å². The maximum atomic E-state index is 6.00. The van der Waals surface area contributed by atoms with Crippen LogP contribution in [0.1, 0.15) is 35.3 Å². The molecule has 6 aromatic rings. The number of H-pyrrole nitrogens is 2. The molecule has 5 heteroatoms. The van der Waals surface area contributed by atoms with E-state index in [1.54, 1.807) is 0 Å². The van der Waals surface area contributed by atoms with Gasteiger partial charge in [-0.05, 0) is 72.2 Å². The van der Waals surface area contributed by atoms with Crippen molar-refractivity contribution in [3.63, 3.8) is 0 Å². The monoisotopic (exact) mass is 596 g/mol. The number of aromatic nitrogens is 4. The molecule has 2 aliphatic rings. The van der Waals surface area contributed by atoms with Gasteiger partial charge in [0.25, 0.3) is 0 Å². The fourth-order valence-electron chi connectivity index (χ4n) is 6.35. The predicted octanol–water partition coefficient (Wildman–Crippen LogP) is 10.2. The number of nitrogens with one attached hydrogen (secondary N) is 2. The average Bonchev–Trinajstić information content (AvgIpc) is 3.93. The van der Waals surface area contributed by atoms with Crippen molar-refractivity contribution in [1.29, 1.82) is 0 Å². The minimum atomic E-state index is 0.440. The smallest absolute Gasteiger partial charge is 0.0758 e. The summed E-state index contributed by atoms with van der Waals surface area (Å²) >= 11 is 0. The summed E-state index contributed by atoms with van der Waals surface area (Å²) in [5.74, 6) is 0. The van der Waals surface area contributed by atoms with E-state index >= 15 is 0 Å². The molecule has 222 valence electrons. The van der Waals surface area contributed by atoms with Crippen LogP contribution in [0.2, 0.25) is 0 Å². The summed E-state index contributed by atoms with van der Waals surface area (Å²) in [5.41, 5.74) is 14.9. The molecule has 0 amide bonds. The normalized spacial score (nSPS) is 12.1. The van der Waals surface area contributed by atoms with Crippen LogP contribution in [0.3, 0.4) is 0 Å². The minimum absolute atomic E-state index is 0.440. The van der Waals surface area contributed by atoms with Crippen molar-refractivity contribution in [2.75, 3.05) is 6.61 Å². The summed E-state index contributed by atoms with van der Waals surface area (Å²) in [5, 5.41) is 0. The first-order chi connectivity index (χ1) is 22.8. The van der Waals surface area contributed by atoms with Crippen LogP contribution in [-0.4, -0.2) is 26.5 Å². The lowest BCUT2D eigenvalue weighted by atomic mass is 10.0. The second-order valence-electron chi connectivity index (χ2n) is 11.3. The van der Waals surface area contributed by atoms with E-state index in [2.05, 4.69) is 131 Å². The van der Waals surface area contributed by atoms with Crippen molar-refractivity contribution in [2.45, 2.75) is 13.5 Å². The molecule has 2 aliphatic heterocycles. The summed E-state index contributed by atoms with van der Waals surface area (Å²) in [6.07, 6.45) is 8.46. The van der Waals surface area contributed by atoms with E-state index in [4.69, 9.17) is 14.7 Å². The molecule has 0 radical (unpaired) electrons. The van der Waals surface area contributed by atoms with E-state index in [0.29, 0.717) is 13.2 Å². The fourth-order valence-corrected chi connectivity index (χ4v) is 6.35. The van der Waals surface area contributed by atoms with Crippen molar-refractivity contribution >= 4 is 46.4 Å². The first-order valence-corrected chi connectivity index (χ1v) is 15.7. The lowest BCUT2D eigenvalue weighted by molar-refractivity contribution is 0.134. The number of nitrogens with zero attached hydrogens (tertiary/aromatic N) is 2. The van der Waals surface area contributed by atoms with Crippen molar-refractivity contribution in [3.05, 3.63) is 144 Å². The average molecular weight is 597 g/mol. The number of hydrogen-bond acceptors (Lipinski definition) is 3. The number of fused-ring (bicyclic) bond motifs is 8. The van der Waals surface area contributed by atoms with E-state index in [1.807, 2.05) is 25.1 Å². The van der Waals surface area contributed by atoms with Crippen molar-refractivity contribution in [3.8, 4) is 33.4 Å². The van der Waals surface area contributed by atoms with Crippen LogP contribution in [-0.2, 0) is 11.3 Å². The van der Waals surface area contributed by atoms with Gasteiger partial charge in [-0.25, -0.2) is 9.97 Å². The van der Waals surface area contributed by atoms with Crippen molar-refractivity contribution < 1.29 is 4.74 Å². The third-order valence-corrected chi connectivity index (χ3v) is 8.50. The van der Waals surface area contributed by atoms with Crippen molar-refractivity contribution in [2.24, 2.45) is 0 Å². The zero-order valence-corrected chi connectivity index (χ0v) is 25.5. The Morgan fingerprint density at radius 1 is 0.457 bits per heavy atom. The summed E-state index contributed by atoms with van der Waals surface area (Å²) in [4.78, 5) is 18.1. The van der Waals surface area contributed by atoms with Gasteiger partial charge in [-0.3, -0.25) is 0 Å². The molecule has 0 aliphatic carbocycles. The second-order valence-corrected chi connectivity index (χ2v) is 11.3. The molecule has 3 aromatic heterocycles. The maximum absolute atomic E-state index is 6.00. The van der Waals surface area contributed by atoms with Crippen molar-refractivity contribution in [1.82, 2.24) is 19.9 Å². The highest BCUT2D eigenvalue weighted by molar-refractivity contribution is 5.97. The van der Waals surface area contributed by atoms with E-state index in [9.17, 15) is 0 Å². The molecule has 8 bridgehead atoms. The van der Waals surface area contributed by atoms with Gasteiger partial charge in [0, 0.05) is 50.9 Å². The standard InChI is InChI=1S/C41H32N4O/c1-2-46-26-30-31-18-20-33(42-31)39(27-12-6-3-7-13-27)35-22-24-37(44-35)41(29-16-10-5-11-17-29)38-25-23-36(45-38)40(28-14-8-4-9-15-28)34-21-19-32(30)43-34/h3-25,42,45H,2,26H2,1H3. The number of hydrogen-bond donors (Lipinski definition) is 2. The number of rotatable bonds is 6. The Hall–Kier alpha value is -5.78. The molecule has 3 aromatic carbocycles. The molecule has 5 heterocycles. The third-order valence-electron chi connectivity index (χ3n) is 8.50. The summed E-state index contributed by atoms with van der Waals surface area (Å²) < 4.78 is 6.00. The Labute approximate surface area is 267 Å². The molecule has 0 saturated heterocycles. The molecule has 0 spiro atoms. The van der Waals surface area contributed by atoms with Gasteiger partial charge in [-0.2, -0.15) is 0 Å². The number of ether oxygens (including phenoxy) is 1. The van der Waals surface area contributed by atoms with Gasteiger partial charge in [0.1, 0.15) is 0 Å². The molecule has 0 saturated carbocycles. The highest BCUT2D eigenvalue weighted by atomic mass is 16.5. The molecule has 0 unspecified atom stereocenters. The molecule has 0 atom stereocenters. The van der Waals surface area contributed by atoms with Crippen LogP contribution >= 0.6 is 0 Å². The topological polar surface area (TPSA) is 66.6 Å². The molecular formula is C41H32N4O. The van der Waals surface area contributed by atoms with Gasteiger partial charge < -0.3 is 14.7 Å². The number of benzene rings is 3. The number of aromatic amines is 2. The van der Waals surface area contributed by atoms with E-state index in [1.165, 1.54) is 0 Å².